The van der Waals surface area contributed by atoms with Crippen molar-refractivity contribution in [1.29, 1.82) is 0 Å². The van der Waals surface area contributed by atoms with Gasteiger partial charge in [0.2, 0.25) is 0 Å². The molecule has 0 spiro atoms. The van der Waals surface area contributed by atoms with Gasteiger partial charge in [-0.25, -0.2) is 4.98 Å². The molecule has 4 nitrogen and oxygen atoms in total. The van der Waals surface area contributed by atoms with Gasteiger partial charge in [-0.3, -0.25) is 4.79 Å². The van der Waals surface area contributed by atoms with Crippen LogP contribution in [0.15, 0.2) is 0 Å². The molecule has 1 aromatic rings. The summed E-state index contributed by atoms with van der Waals surface area (Å²) in [6, 6.07) is 0.467. The predicted molar refractivity (Wildman–Crippen MR) is 80.2 cm³/mol. The van der Waals surface area contributed by atoms with Gasteiger partial charge in [-0.15, -0.1) is 11.3 Å². The SMILES string of the molecule is CCOC(=O)C1CCc2sc(NC(C)CC3CC3)nc21. The number of ether oxygens (including phenoxy) is 1. The van der Waals surface area contributed by atoms with E-state index in [0.717, 1.165) is 29.6 Å². The van der Waals surface area contributed by atoms with E-state index in [4.69, 9.17) is 4.74 Å². The highest BCUT2D eigenvalue weighted by Gasteiger charge is 2.34. The van der Waals surface area contributed by atoms with Crippen LogP contribution >= 0.6 is 11.3 Å². The van der Waals surface area contributed by atoms with E-state index in [9.17, 15) is 4.79 Å². The van der Waals surface area contributed by atoms with Crippen LogP contribution in [0.4, 0.5) is 5.13 Å². The number of aryl methyl sites for hydroxylation is 1. The van der Waals surface area contributed by atoms with Crippen LogP contribution in [0.25, 0.3) is 0 Å². The zero-order valence-electron chi connectivity index (χ0n) is 12.1. The highest BCUT2D eigenvalue weighted by molar-refractivity contribution is 7.15. The number of anilines is 1. The lowest BCUT2D eigenvalue weighted by molar-refractivity contribution is -0.145. The second-order valence-corrected chi connectivity index (χ2v) is 6.98. The first-order chi connectivity index (χ1) is 9.67. The van der Waals surface area contributed by atoms with Crippen molar-refractivity contribution in [2.45, 2.75) is 57.9 Å². The molecule has 0 aromatic carbocycles. The van der Waals surface area contributed by atoms with Crippen molar-refractivity contribution in [3.8, 4) is 0 Å². The van der Waals surface area contributed by atoms with Crippen LogP contribution in [0.5, 0.6) is 0 Å². The number of nitrogens with zero attached hydrogens (tertiary/aromatic N) is 1. The predicted octanol–water partition coefficient (Wildman–Crippen LogP) is 3.34. The summed E-state index contributed by atoms with van der Waals surface area (Å²) < 4.78 is 5.14. The fraction of sp³-hybridized carbons (Fsp3) is 0.733. The van der Waals surface area contributed by atoms with Gasteiger partial charge in [0, 0.05) is 10.9 Å². The Morgan fingerprint density at radius 1 is 1.50 bits per heavy atom. The third kappa shape index (κ3) is 2.97. The Balaban J connectivity index is 1.64. The van der Waals surface area contributed by atoms with Crippen LogP contribution in [-0.4, -0.2) is 23.6 Å². The molecule has 1 saturated carbocycles. The topological polar surface area (TPSA) is 51.2 Å². The molecule has 1 aromatic heterocycles. The number of thiazole rings is 1. The summed E-state index contributed by atoms with van der Waals surface area (Å²) in [6.07, 6.45) is 5.79. The Morgan fingerprint density at radius 2 is 2.30 bits per heavy atom. The Kier molecular flexibility index (Phi) is 3.96. The summed E-state index contributed by atoms with van der Waals surface area (Å²) in [5.41, 5.74) is 0.953. The molecule has 2 atom stereocenters. The molecule has 2 aliphatic carbocycles. The van der Waals surface area contributed by atoms with Gasteiger partial charge in [0.15, 0.2) is 5.13 Å². The fourth-order valence-electron chi connectivity index (χ4n) is 2.88. The lowest BCUT2D eigenvalue weighted by Gasteiger charge is -2.12. The quantitative estimate of drug-likeness (QED) is 0.818. The average molecular weight is 294 g/mol. The van der Waals surface area contributed by atoms with E-state index in [0.29, 0.717) is 12.6 Å². The average Bonchev–Trinajstić information content (AvgIpc) is 2.97. The maximum Gasteiger partial charge on any atom is 0.315 e. The summed E-state index contributed by atoms with van der Waals surface area (Å²) in [7, 11) is 0. The molecule has 20 heavy (non-hydrogen) atoms. The zero-order valence-corrected chi connectivity index (χ0v) is 13.0. The second-order valence-electron chi connectivity index (χ2n) is 5.90. The summed E-state index contributed by atoms with van der Waals surface area (Å²) in [6.45, 7) is 4.51. The van der Waals surface area contributed by atoms with Crippen LogP contribution in [0, 0.1) is 5.92 Å². The van der Waals surface area contributed by atoms with Crippen molar-refractivity contribution < 1.29 is 9.53 Å². The number of fused-ring (bicyclic) bond motifs is 1. The van der Waals surface area contributed by atoms with Gasteiger partial charge in [0.1, 0.15) is 5.92 Å². The van der Waals surface area contributed by atoms with Gasteiger partial charge in [-0.05, 0) is 39.0 Å². The van der Waals surface area contributed by atoms with Gasteiger partial charge < -0.3 is 10.1 Å². The minimum Gasteiger partial charge on any atom is -0.465 e. The maximum absolute atomic E-state index is 11.9. The number of rotatable bonds is 6. The molecular formula is C15H22N2O2S. The molecule has 0 amide bonds. The Hall–Kier alpha value is -1.10. The number of carbonyl (C=O) groups excluding carboxylic acids is 1. The van der Waals surface area contributed by atoms with E-state index in [1.165, 1.54) is 24.1 Å². The Morgan fingerprint density at radius 3 is 3.00 bits per heavy atom. The summed E-state index contributed by atoms with van der Waals surface area (Å²) in [5.74, 6) is 0.654. The van der Waals surface area contributed by atoms with Gasteiger partial charge in [0.05, 0.1) is 12.3 Å². The molecule has 0 saturated heterocycles. The molecule has 1 fully saturated rings. The van der Waals surface area contributed by atoms with E-state index >= 15 is 0 Å². The third-order valence-corrected chi connectivity index (χ3v) is 5.10. The van der Waals surface area contributed by atoms with Crippen molar-refractivity contribution >= 4 is 22.4 Å². The van der Waals surface area contributed by atoms with Crippen LogP contribution < -0.4 is 5.32 Å². The number of esters is 1. The van der Waals surface area contributed by atoms with Gasteiger partial charge in [-0.2, -0.15) is 0 Å². The lowest BCUT2D eigenvalue weighted by atomic mass is 10.1. The van der Waals surface area contributed by atoms with E-state index < -0.39 is 0 Å². The molecule has 3 rings (SSSR count). The first-order valence-electron chi connectivity index (χ1n) is 7.60. The van der Waals surface area contributed by atoms with Crippen molar-refractivity contribution in [3.63, 3.8) is 0 Å². The molecule has 2 aliphatic rings. The van der Waals surface area contributed by atoms with E-state index in [2.05, 4.69) is 17.2 Å². The second kappa shape index (κ2) is 5.72. The molecule has 110 valence electrons. The van der Waals surface area contributed by atoms with Crippen LogP contribution in [0.2, 0.25) is 0 Å². The minimum atomic E-state index is -0.143. The number of aromatic nitrogens is 1. The molecule has 1 N–H and O–H groups in total. The van der Waals surface area contributed by atoms with E-state index in [-0.39, 0.29) is 11.9 Å². The monoisotopic (exact) mass is 294 g/mol. The summed E-state index contributed by atoms with van der Waals surface area (Å²) >= 11 is 1.71. The molecular weight excluding hydrogens is 272 g/mol. The minimum absolute atomic E-state index is 0.117. The molecule has 0 aliphatic heterocycles. The number of carbonyl (C=O) groups is 1. The standard InChI is InChI=1S/C15H22N2O2S/c1-3-19-14(18)11-6-7-12-13(11)17-15(20-12)16-9(2)8-10-4-5-10/h9-11H,3-8H2,1-2H3,(H,16,17). The molecule has 2 unspecified atom stereocenters. The van der Waals surface area contributed by atoms with Gasteiger partial charge >= 0.3 is 5.97 Å². The highest BCUT2D eigenvalue weighted by atomic mass is 32.1. The normalized spacial score (nSPS) is 22.4. The number of nitrogens with one attached hydrogen (secondary N) is 1. The van der Waals surface area contributed by atoms with Crippen molar-refractivity contribution in [3.05, 3.63) is 10.6 Å². The van der Waals surface area contributed by atoms with Crippen molar-refractivity contribution in [2.24, 2.45) is 5.92 Å². The van der Waals surface area contributed by atoms with E-state index in [1.807, 2.05) is 6.92 Å². The highest BCUT2D eigenvalue weighted by Crippen LogP contribution is 2.40. The molecule has 0 bridgehead atoms. The van der Waals surface area contributed by atoms with Gasteiger partial charge in [-0.1, -0.05) is 12.8 Å². The Labute approximate surface area is 123 Å². The van der Waals surface area contributed by atoms with Gasteiger partial charge in [0.25, 0.3) is 0 Å². The molecule has 5 heteroatoms. The summed E-state index contributed by atoms with van der Waals surface area (Å²) in [5, 5.41) is 4.46. The number of hydrogen-bond acceptors (Lipinski definition) is 5. The smallest absolute Gasteiger partial charge is 0.315 e. The maximum atomic E-state index is 11.9. The lowest BCUT2D eigenvalue weighted by Crippen LogP contribution is -2.17. The van der Waals surface area contributed by atoms with E-state index in [1.54, 1.807) is 11.3 Å². The van der Waals surface area contributed by atoms with Crippen molar-refractivity contribution in [2.75, 3.05) is 11.9 Å². The first kappa shape index (κ1) is 13.9. The van der Waals surface area contributed by atoms with Crippen LogP contribution in [-0.2, 0) is 16.0 Å². The van der Waals surface area contributed by atoms with Crippen molar-refractivity contribution in [1.82, 2.24) is 4.98 Å². The largest absolute Gasteiger partial charge is 0.465 e. The van der Waals surface area contributed by atoms with Crippen LogP contribution in [0.3, 0.4) is 0 Å². The van der Waals surface area contributed by atoms with Crippen LogP contribution in [0.1, 0.15) is 56.0 Å². The molecule has 0 radical (unpaired) electrons. The zero-order chi connectivity index (χ0) is 14.1. The number of hydrogen-bond donors (Lipinski definition) is 1. The molecule has 1 heterocycles. The third-order valence-electron chi connectivity index (χ3n) is 4.04. The first-order valence-corrected chi connectivity index (χ1v) is 8.41. The summed E-state index contributed by atoms with van der Waals surface area (Å²) in [4.78, 5) is 17.8. The Bertz CT molecular complexity index is 496. The fourth-order valence-corrected chi connectivity index (χ4v) is 4.03.